The van der Waals surface area contributed by atoms with Crippen molar-refractivity contribution in [3.05, 3.63) is 120 Å². The molecule has 0 saturated carbocycles. The molecule has 212 valence electrons. The molecule has 0 bridgehead atoms. The smallest absolute Gasteiger partial charge is 0.259 e. The van der Waals surface area contributed by atoms with E-state index in [4.69, 9.17) is 6.57 Å². The molecule has 0 aliphatic heterocycles. The Labute approximate surface area is 251 Å². The van der Waals surface area contributed by atoms with Gasteiger partial charge in [0.2, 0.25) is 0 Å². The van der Waals surface area contributed by atoms with Gasteiger partial charge in [0.15, 0.2) is 17.4 Å². The highest BCUT2D eigenvalue weighted by molar-refractivity contribution is 6.14. The van der Waals surface area contributed by atoms with Crippen molar-refractivity contribution in [2.75, 3.05) is 5.32 Å². The zero-order chi connectivity index (χ0) is 30.2. The van der Waals surface area contributed by atoms with Crippen molar-refractivity contribution in [1.29, 1.82) is 0 Å². The number of aryl methyl sites for hydroxylation is 1. The van der Waals surface area contributed by atoms with Gasteiger partial charge in [0, 0.05) is 45.6 Å². The largest absolute Gasteiger partial charge is 0.505 e. The predicted octanol–water partition coefficient (Wildman–Crippen LogP) is 8.47. The minimum atomic E-state index is -0.497. The number of nitrogens with one attached hydrogen (secondary N) is 1. The van der Waals surface area contributed by atoms with Gasteiger partial charge in [0.1, 0.15) is 5.69 Å². The summed E-state index contributed by atoms with van der Waals surface area (Å²) in [5.41, 5.74) is 3.10. The second-order valence-electron chi connectivity index (χ2n) is 10.1. The molecule has 3 aromatic heterocycles. The number of amides is 1. The molecular weight excluding hydrogens is 552 g/mol. The van der Waals surface area contributed by atoms with E-state index in [0.29, 0.717) is 22.3 Å². The maximum absolute atomic E-state index is 13.7. The number of anilines is 1. The van der Waals surface area contributed by atoms with E-state index in [9.17, 15) is 9.90 Å². The third kappa shape index (κ3) is 4.40. The number of aromatic nitrogens is 4. The second kappa shape index (κ2) is 10.8. The molecule has 10 heteroatoms. The van der Waals surface area contributed by atoms with Gasteiger partial charge in [-0.05, 0) is 54.8 Å². The Balaban J connectivity index is 1.29. The first-order chi connectivity index (χ1) is 21.6. The number of phenolic OH excluding ortho intramolecular Hbond substituents is 1. The summed E-state index contributed by atoms with van der Waals surface area (Å²) in [5.74, 6) is -0.222. The lowest BCUT2D eigenvalue weighted by molar-refractivity contribution is 0.102. The van der Waals surface area contributed by atoms with E-state index >= 15 is 0 Å². The highest BCUT2D eigenvalue weighted by atomic mass is 16.3. The van der Waals surface area contributed by atoms with Crippen LogP contribution in [0.5, 0.6) is 5.75 Å². The molecule has 7 aromatic rings. The summed E-state index contributed by atoms with van der Waals surface area (Å²) in [5, 5.41) is 30.7. The van der Waals surface area contributed by atoms with Gasteiger partial charge >= 0.3 is 0 Å². The third-order valence-corrected chi connectivity index (χ3v) is 7.54. The van der Waals surface area contributed by atoms with Crippen molar-refractivity contribution >= 4 is 61.4 Å². The topological polar surface area (TPSA) is 114 Å². The quantitative estimate of drug-likeness (QED) is 0.153. The van der Waals surface area contributed by atoms with Gasteiger partial charge < -0.3 is 15.0 Å². The van der Waals surface area contributed by atoms with E-state index in [1.165, 1.54) is 10.9 Å². The maximum atomic E-state index is 13.7. The molecule has 1 amide bonds. The van der Waals surface area contributed by atoms with E-state index in [1.807, 2.05) is 48.5 Å². The van der Waals surface area contributed by atoms with Gasteiger partial charge in [-0.25, -0.2) is 14.5 Å². The van der Waals surface area contributed by atoms with Crippen LogP contribution in [0.25, 0.3) is 43.2 Å². The minimum absolute atomic E-state index is 0.0392. The summed E-state index contributed by atoms with van der Waals surface area (Å²) in [7, 11) is 0. The summed E-state index contributed by atoms with van der Waals surface area (Å²) < 4.78 is 3.64. The molecule has 44 heavy (non-hydrogen) atoms. The monoisotopic (exact) mass is 576 g/mol. The summed E-state index contributed by atoms with van der Waals surface area (Å²) >= 11 is 0. The number of fused-ring (bicyclic) bond motifs is 4. The van der Waals surface area contributed by atoms with Crippen LogP contribution in [0.3, 0.4) is 0 Å². The van der Waals surface area contributed by atoms with Gasteiger partial charge in [-0.15, -0.1) is 10.2 Å². The number of carbonyl (C=O) groups is 1. The molecule has 10 nitrogen and oxygen atoms in total. The Morgan fingerprint density at radius 1 is 0.932 bits per heavy atom. The number of pyridine rings is 1. The zero-order valence-electron chi connectivity index (χ0n) is 23.5. The van der Waals surface area contributed by atoms with Crippen LogP contribution < -0.4 is 5.32 Å². The Hall–Kier alpha value is -6.34. The van der Waals surface area contributed by atoms with Gasteiger partial charge in [-0.2, -0.15) is 5.10 Å². The zero-order valence-corrected chi connectivity index (χ0v) is 23.5. The Bertz CT molecular complexity index is 2290. The number of hydrogen-bond donors (Lipinski definition) is 2. The molecule has 0 saturated heterocycles. The first-order valence-electron chi connectivity index (χ1n) is 13.9. The number of hydrogen-bond acceptors (Lipinski definition) is 6. The van der Waals surface area contributed by atoms with Gasteiger partial charge in [0.25, 0.3) is 11.6 Å². The van der Waals surface area contributed by atoms with Crippen LogP contribution in [0.2, 0.25) is 0 Å². The lowest BCUT2D eigenvalue weighted by Crippen LogP contribution is -2.12. The number of benzene rings is 4. The van der Waals surface area contributed by atoms with E-state index in [1.54, 1.807) is 36.5 Å². The van der Waals surface area contributed by atoms with Crippen LogP contribution in [0.1, 0.15) is 17.3 Å². The standard InChI is InChI=1S/C34H24N8O2/c1-3-41-28-13-7-6-12-24(28)25-19-22(15-16-29(25)41)38-34(44)26-18-21-10-4-5-11-23(21)31(32(26)43)39-40-33-27(35-2)20-37-42(33)30-14-8-9-17-36-30/h4-20,43H,3H2,1H3,(H,38,44)/b40-39+. The molecule has 4 aromatic carbocycles. The van der Waals surface area contributed by atoms with Crippen molar-refractivity contribution in [2.45, 2.75) is 13.5 Å². The predicted molar refractivity (Wildman–Crippen MR) is 170 cm³/mol. The molecule has 0 atom stereocenters. The van der Waals surface area contributed by atoms with Crippen molar-refractivity contribution in [1.82, 2.24) is 19.3 Å². The first kappa shape index (κ1) is 26.6. The summed E-state index contributed by atoms with van der Waals surface area (Å²) in [6.07, 6.45) is 2.99. The lowest BCUT2D eigenvalue weighted by atomic mass is 10.0. The van der Waals surface area contributed by atoms with Crippen molar-refractivity contribution in [3.63, 3.8) is 0 Å². The fourth-order valence-electron chi connectivity index (χ4n) is 5.51. The molecule has 3 heterocycles. The molecule has 7 rings (SSSR count). The normalized spacial score (nSPS) is 11.5. The van der Waals surface area contributed by atoms with Crippen molar-refractivity contribution < 1.29 is 9.90 Å². The Morgan fingerprint density at radius 2 is 1.70 bits per heavy atom. The number of carbonyl (C=O) groups excluding carboxylic acids is 1. The second-order valence-corrected chi connectivity index (χ2v) is 10.1. The van der Waals surface area contributed by atoms with Crippen molar-refractivity contribution in [2.24, 2.45) is 10.2 Å². The van der Waals surface area contributed by atoms with Gasteiger partial charge in [-0.1, -0.05) is 48.5 Å². The SMILES string of the molecule is [C-]#[N+]c1cnn(-c2ccccn2)c1/N=N/c1c(O)c(C(=O)Nc2ccc3c(c2)c2ccccc2n3CC)cc2ccccc12. The number of phenols is 1. The lowest BCUT2D eigenvalue weighted by Gasteiger charge is -2.12. The fourth-order valence-corrected chi connectivity index (χ4v) is 5.51. The highest BCUT2D eigenvalue weighted by Gasteiger charge is 2.20. The summed E-state index contributed by atoms with van der Waals surface area (Å²) in [6.45, 7) is 10.5. The Kier molecular flexibility index (Phi) is 6.53. The molecule has 0 spiro atoms. The van der Waals surface area contributed by atoms with Crippen molar-refractivity contribution in [3.8, 4) is 11.6 Å². The number of azo groups is 1. The number of rotatable bonds is 6. The average molecular weight is 577 g/mol. The molecule has 0 unspecified atom stereocenters. The number of nitrogens with zero attached hydrogens (tertiary/aromatic N) is 7. The molecule has 2 N–H and O–H groups in total. The van der Waals surface area contributed by atoms with E-state index in [-0.39, 0.29) is 28.5 Å². The van der Waals surface area contributed by atoms with Crippen LogP contribution in [-0.2, 0) is 6.54 Å². The van der Waals surface area contributed by atoms with E-state index in [0.717, 1.165) is 28.4 Å². The third-order valence-electron chi connectivity index (χ3n) is 7.54. The van der Waals surface area contributed by atoms with Crippen LogP contribution >= 0.6 is 0 Å². The molecule has 0 fully saturated rings. The molecule has 0 aliphatic rings. The summed E-state index contributed by atoms with van der Waals surface area (Å²) in [4.78, 5) is 21.5. The summed E-state index contributed by atoms with van der Waals surface area (Å²) in [6, 6.07) is 28.2. The molecule has 0 aliphatic carbocycles. The minimum Gasteiger partial charge on any atom is -0.505 e. The number of aromatic hydroxyl groups is 1. The van der Waals surface area contributed by atoms with Gasteiger partial charge in [-0.3, -0.25) is 4.79 Å². The average Bonchev–Trinajstić information content (AvgIpc) is 3.62. The van der Waals surface area contributed by atoms with E-state index < -0.39 is 5.91 Å². The van der Waals surface area contributed by atoms with E-state index in [2.05, 4.69) is 54.1 Å². The first-order valence-corrected chi connectivity index (χ1v) is 13.9. The van der Waals surface area contributed by atoms with Crippen LogP contribution in [-0.4, -0.2) is 30.3 Å². The van der Waals surface area contributed by atoms with Crippen LogP contribution in [0.4, 0.5) is 22.9 Å². The van der Waals surface area contributed by atoms with Crippen LogP contribution in [0.15, 0.2) is 114 Å². The molecular formula is C34H24N8O2. The Morgan fingerprint density at radius 3 is 2.50 bits per heavy atom. The molecule has 0 radical (unpaired) electrons. The number of para-hydroxylation sites is 1. The van der Waals surface area contributed by atoms with Gasteiger partial charge in [0.05, 0.1) is 18.3 Å². The fraction of sp³-hybridized carbons (Fsp3) is 0.0588. The highest BCUT2D eigenvalue weighted by Crippen LogP contribution is 2.41. The maximum Gasteiger partial charge on any atom is 0.259 e. The van der Waals surface area contributed by atoms with Crippen LogP contribution in [0, 0.1) is 6.57 Å².